The monoisotopic (exact) mass is 239 g/mol. The Morgan fingerprint density at radius 1 is 1.59 bits per heavy atom. The van der Waals surface area contributed by atoms with Gasteiger partial charge in [-0.15, -0.1) is 0 Å². The fraction of sp³-hybridized carbons (Fsp3) is 0.545. The first kappa shape index (κ1) is 13.2. The third-order valence-corrected chi connectivity index (χ3v) is 2.77. The number of carbonyl (C=O) groups excluding carboxylic acids is 1. The highest BCUT2D eigenvalue weighted by Crippen LogP contribution is 2.09. The second-order valence-corrected chi connectivity index (χ2v) is 3.93. The van der Waals surface area contributed by atoms with Gasteiger partial charge in [-0.1, -0.05) is 6.92 Å². The molecule has 0 radical (unpaired) electrons. The summed E-state index contributed by atoms with van der Waals surface area (Å²) in [6, 6.07) is 0.829. The minimum Gasteiger partial charge on any atom is -0.480 e. The van der Waals surface area contributed by atoms with Crippen LogP contribution in [-0.2, 0) is 18.3 Å². The van der Waals surface area contributed by atoms with E-state index in [0.717, 1.165) is 12.1 Å². The van der Waals surface area contributed by atoms with Crippen LogP contribution in [0.4, 0.5) is 0 Å². The van der Waals surface area contributed by atoms with Crippen molar-refractivity contribution in [2.75, 3.05) is 7.05 Å². The van der Waals surface area contributed by atoms with Crippen molar-refractivity contribution in [1.82, 2.24) is 14.7 Å². The molecule has 0 spiro atoms. The first-order chi connectivity index (χ1) is 7.88. The zero-order valence-corrected chi connectivity index (χ0v) is 10.5. The standard InChI is InChI=1S/C11H17N3O3/c1-5-8-6-9(14(4)12-8)10(15)13(3)7(2)11(16)17/h6-7H,5H2,1-4H3,(H,16,17). The molecule has 0 aliphatic rings. The second kappa shape index (κ2) is 4.99. The molecule has 1 heterocycles. The van der Waals surface area contributed by atoms with E-state index in [4.69, 9.17) is 5.11 Å². The normalized spacial score (nSPS) is 12.2. The van der Waals surface area contributed by atoms with Gasteiger partial charge in [-0.25, -0.2) is 4.79 Å². The summed E-state index contributed by atoms with van der Waals surface area (Å²) in [5.74, 6) is -1.37. The van der Waals surface area contributed by atoms with Crippen molar-refractivity contribution >= 4 is 11.9 Å². The molecule has 0 bridgehead atoms. The van der Waals surface area contributed by atoms with Crippen LogP contribution in [-0.4, -0.2) is 44.8 Å². The van der Waals surface area contributed by atoms with Gasteiger partial charge < -0.3 is 10.0 Å². The maximum atomic E-state index is 12.0. The van der Waals surface area contributed by atoms with Crippen molar-refractivity contribution in [2.45, 2.75) is 26.3 Å². The molecule has 1 rings (SSSR count). The predicted molar refractivity (Wildman–Crippen MR) is 61.8 cm³/mol. The minimum absolute atomic E-state index is 0.338. The van der Waals surface area contributed by atoms with Crippen LogP contribution in [0.2, 0.25) is 0 Å². The summed E-state index contributed by atoms with van der Waals surface area (Å²) in [7, 11) is 3.14. The molecular weight excluding hydrogens is 222 g/mol. The number of aromatic nitrogens is 2. The van der Waals surface area contributed by atoms with Gasteiger partial charge >= 0.3 is 5.97 Å². The van der Waals surface area contributed by atoms with E-state index in [1.165, 1.54) is 23.6 Å². The first-order valence-corrected chi connectivity index (χ1v) is 5.41. The van der Waals surface area contributed by atoms with Crippen molar-refractivity contribution in [1.29, 1.82) is 0 Å². The van der Waals surface area contributed by atoms with Gasteiger partial charge in [-0.05, 0) is 19.4 Å². The lowest BCUT2D eigenvalue weighted by molar-refractivity contribution is -0.141. The molecule has 0 aliphatic heterocycles. The first-order valence-electron chi connectivity index (χ1n) is 5.41. The zero-order valence-electron chi connectivity index (χ0n) is 10.5. The van der Waals surface area contributed by atoms with Gasteiger partial charge in [0.05, 0.1) is 5.69 Å². The number of aliphatic carboxylic acids is 1. The minimum atomic E-state index is -1.03. The second-order valence-electron chi connectivity index (χ2n) is 3.93. The highest BCUT2D eigenvalue weighted by atomic mass is 16.4. The Bertz CT molecular complexity index is 439. The maximum Gasteiger partial charge on any atom is 0.326 e. The van der Waals surface area contributed by atoms with Gasteiger partial charge in [0.1, 0.15) is 11.7 Å². The molecule has 0 saturated heterocycles. The highest BCUT2D eigenvalue weighted by Gasteiger charge is 2.25. The van der Waals surface area contributed by atoms with E-state index >= 15 is 0 Å². The molecule has 6 nitrogen and oxygen atoms in total. The molecular formula is C11H17N3O3. The third kappa shape index (κ3) is 2.64. The molecule has 94 valence electrons. The van der Waals surface area contributed by atoms with Crippen molar-refractivity contribution in [3.8, 4) is 0 Å². The Morgan fingerprint density at radius 3 is 2.59 bits per heavy atom. The molecule has 1 N–H and O–H groups in total. The van der Waals surface area contributed by atoms with E-state index in [1.54, 1.807) is 13.1 Å². The lowest BCUT2D eigenvalue weighted by Crippen LogP contribution is -2.40. The summed E-state index contributed by atoms with van der Waals surface area (Å²) in [5, 5.41) is 13.0. The topological polar surface area (TPSA) is 75.4 Å². The van der Waals surface area contributed by atoms with E-state index in [0.29, 0.717) is 5.69 Å². The SMILES string of the molecule is CCc1cc(C(=O)N(C)C(C)C(=O)O)n(C)n1. The molecule has 1 aromatic heterocycles. The number of carbonyl (C=O) groups is 2. The Morgan fingerprint density at radius 2 is 2.18 bits per heavy atom. The molecule has 6 heteroatoms. The molecule has 1 unspecified atom stereocenters. The number of rotatable bonds is 4. The van der Waals surface area contributed by atoms with Crippen LogP contribution < -0.4 is 0 Å². The highest BCUT2D eigenvalue weighted by molar-refractivity contribution is 5.95. The van der Waals surface area contributed by atoms with Gasteiger partial charge in [0.15, 0.2) is 0 Å². The van der Waals surface area contributed by atoms with Crippen LogP contribution >= 0.6 is 0 Å². The molecule has 0 fully saturated rings. The largest absolute Gasteiger partial charge is 0.480 e. The molecule has 1 aromatic rings. The smallest absolute Gasteiger partial charge is 0.326 e. The van der Waals surface area contributed by atoms with Crippen LogP contribution in [0, 0.1) is 0 Å². The van der Waals surface area contributed by atoms with Crippen molar-refractivity contribution < 1.29 is 14.7 Å². The quantitative estimate of drug-likeness (QED) is 0.831. The Labute approximate surface area is 99.8 Å². The number of amides is 1. The van der Waals surface area contributed by atoms with E-state index < -0.39 is 12.0 Å². The number of hydrogen-bond acceptors (Lipinski definition) is 3. The Kier molecular flexibility index (Phi) is 3.88. The number of hydrogen-bond donors (Lipinski definition) is 1. The average Bonchev–Trinajstić information content (AvgIpc) is 2.67. The molecule has 0 aromatic carbocycles. The number of nitrogens with zero attached hydrogens (tertiary/aromatic N) is 3. The van der Waals surface area contributed by atoms with Crippen molar-refractivity contribution in [3.63, 3.8) is 0 Å². The Balaban J connectivity index is 2.95. The van der Waals surface area contributed by atoms with Gasteiger partial charge in [-0.3, -0.25) is 9.48 Å². The van der Waals surface area contributed by atoms with E-state index in [-0.39, 0.29) is 5.91 Å². The van der Waals surface area contributed by atoms with Crippen LogP contribution in [0.1, 0.15) is 30.0 Å². The summed E-state index contributed by atoms with van der Waals surface area (Å²) >= 11 is 0. The molecule has 0 saturated carbocycles. The van der Waals surface area contributed by atoms with Gasteiger partial charge in [-0.2, -0.15) is 5.10 Å². The van der Waals surface area contributed by atoms with Crippen LogP contribution in [0.25, 0.3) is 0 Å². The summed E-state index contributed by atoms with van der Waals surface area (Å²) < 4.78 is 1.48. The van der Waals surface area contributed by atoms with Crippen molar-refractivity contribution in [2.24, 2.45) is 7.05 Å². The van der Waals surface area contributed by atoms with Crippen LogP contribution in [0.15, 0.2) is 6.07 Å². The summed E-state index contributed by atoms with van der Waals surface area (Å²) in [6.07, 6.45) is 0.735. The lowest BCUT2D eigenvalue weighted by atomic mass is 10.2. The molecule has 0 aliphatic carbocycles. The van der Waals surface area contributed by atoms with E-state index in [2.05, 4.69) is 5.10 Å². The number of likely N-dealkylation sites (N-methyl/N-ethyl adjacent to an activating group) is 1. The van der Waals surface area contributed by atoms with Gasteiger partial charge in [0, 0.05) is 14.1 Å². The fourth-order valence-electron chi connectivity index (χ4n) is 1.42. The van der Waals surface area contributed by atoms with Crippen molar-refractivity contribution in [3.05, 3.63) is 17.5 Å². The van der Waals surface area contributed by atoms with Crippen LogP contribution in [0.3, 0.4) is 0 Å². The number of aryl methyl sites for hydroxylation is 2. The third-order valence-electron chi connectivity index (χ3n) is 2.77. The van der Waals surface area contributed by atoms with Crippen LogP contribution in [0.5, 0.6) is 0 Å². The maximum absolute atomic E-state index is 12.0. The molecule has 17 heavy (non-hydrogen) atoms. The fourth-order valence-corrected chi connectivity index (χ4v) is 1.42. The number of carboxylic acid groups (broad SMARTS) is 1. The molecule has 1 atom stereocenters. The summed E-state index contributed by atoms with van der Waals surface area (Å²) in [5.41, 5.74) is 1.21. The predicted octanol–water partition coefficient (Wildman–Crippen LogP) is 0.528. The Hall–Kier alpha value is -1.85. The van der Waals surface area contributed by atoms with Gasteiger partial charge in [0.2, 0.25) is 0 Å². The lowest BCUT2D eigenvalue weighted by Gasteiger charge is -2.21. The summed E-state index contributed by atoms with van der Waals surface area (Å²) in [6.45, 7) is 3.41. The zero-order chi connectivity index (χ0) is 13.2. The average molecular weight is 239 g/mol. The van der Waals surface area contributed by atoms with E-state index in [9.17, 15) is 9.59 Å². The van der Waals surface area contributed by atoms with Gasteiger partial charge in [0.25, 0.3) is 5.91 Å². The molecule has 1 amide bonds. The number of carboxylic acids is 1. The van der Waals surface area contributed by atoms with E-state index in [1.807, 2.05) is 6.92 Å². The summed E-state index contributed by atoms with van der Waals surface area (Å²) in [4.78, 5) is 24.0.